The van der Waals surface area contributed by atoms with Gasteiger partial charge in [-0.25, -0.2) is 9.88 Å². The lowest BCUT2D eigenvalue weighted by molar-refractivity contribution is -0.385. The summed E-state index contributed by atoms with van der Waals surface area (Å²) in [6.07, 6.45) is 3.97. The van der Waals surface area contributed by atoms with Gasteiger partial charge in [-0.1, -0.05) is 81.3 Å². The summed E-state index contributed by atoms with van der Waals surface area (Å²) in [4.78, 5) is 58.9. The van der Waals surface area contributed by atoms with Crippen molar-refractivity contribution in [3.63, 3.8) is 0 Å². The Morgan fingerprint density at radius 1 is 1.06 bits per heavy atom. The largest absolute Gasteiger partial charge is 0.496 e. The van der Waals surface area contributed by atoms with Crippen molar-refractivity contribution in [3.05, 3.63) is 94.2 Å². The first-order valence-electron chi connectivity index (χ1n) is 23.3. The van der Waals surface area contributed by atoms with Gasteiger partial charge < -0.3 is 44.1 Å². The number of anilines is 2. The Morgan fingerprint density at radius 3 is 2.36 bits per heavy atom. The number of likely N-dealkylation sites (N-methyl/N-ethyl adjacent to an activating group) is 1. The van der Waals surface area contributed by atoms with Gasteiger partial charge in [-0.2, -0.15) is 0 Å². The first kappa shape index (κ1) is 56.1. The number of nitrogens with one attached hydrogen (secondary N) is 1. The Labute approximate surface area is 419 Å². The van der Waals surface area contributed by atoms with Gasteiger partial charge in [0.1, 0.15) is 34.8 Å². The van der Waals surface area contributed by atoms with Crippen LogP contribution in [0.2, 0.25) is 0 Å². The fourth-order valence-electron chi connectivity index (χ4n) is 8.56. The molecule has 0 radical (unpaired) electrons. The Morgan fingerprint density at radius 2 is 1.76 bits per heavy atom. The number of rotatable bonds is 14. The van der Waals surface area contributed by atoms with E-state index in [1.807, 2.05) is 64.1 Å². The zero-order valence-corrected chi connectivity index (χ0v) is 43.8. The average molecular weight is 1010 g/mol. The maximum atomic E-state index is 14.8. The monoisotopic (exact) mass is 1010 g/mol. The molecule has 5 rings (SSSR count). The van der Waals surface area contributed by atoms with E-state index in [0.717, 1.165) is 11.1 Å². The van der Waals surface area contributed by atoms with Crippen LogP contribution in [0.3, 0.4) is 0 Å². The molecular weight excluding hydrogens is 939 g/mol. The van der Waals surface area contributed by atoms with Crippen molar-refractivity contribution >= 4 is 56.4 Å². The van der Waals surface area contributed by atoms with E-state index in [2.05, 4.69) is 10.3 Å². The highest BCUT2D eigenvalue weighted by Crippen LogP contribution is 2.44. The molecular formula is C51H69N5O12S2. The first-order valence-corrected chi connectivity index (χ1v) is 25.5. The Hall–Kier alpha value is -4.86. The number of allylic oxidation sites excluding steroid dienone is 3. The second-order valence-corrected chi connectivity index (χ2v) is 21.4. The van der Waals surface area contributed by atoms with Crippen LogP contribution < -0.4 is 15.0 Å². The van der Waals surface area contributed by atoms with Gasteiger partial charge in [-0.15, -0.1) is 0 Å². The molecule has 19 heteroatoms. The summed E-state index contributed by atoms with van der Waals surface area (Å²) in [5.74, 6) is -2.42. The van der Waals surface area contributed by atoms with Crippen molar-refractivity contribution in [3.8, 4) is 16.9 Å². The predicted molar refractivity (Wildman–Crippen MR) is 272 cm³/mol. The fourth-order valence-corrected chi connectivity index (χ4v) is 10.6. The average Bonchev–Trinajstić information content (AvgIpc) is 3.33. The van der Waals surface area contributed by atoms with Crippen molar-refractivity contribution in [1.29, 1.82) is 0 Å². The molecule has 3 N–H and O–H groups in total. The third-order valence-corrected chi connectivity index (χ3v) is 16.2. The summed E-state index contributed by atoms with van der Waals surface area (Å²) in [7, 11) is 10.8. The van der Waals surface area contributed by atoms with Crippen LogP contribution in [0, 0.1) is 27.9 Å². The molecule has 382 valence electrons. The number of nitrogens with zero attached hydrogens (tertiary/aromatic N) is 4. The molecule has 3 aromatic rings. The summed E-state index contributed by atoms with van der Waals surface area (Å²) >= 11 is 0. The number of amides is 2. The smallest absolute Gasteiger partial charge is 0.308 e. The second-order valence-electron chi connectivity index (χ2n) is 18.7. The topological polar surface area (TPSA) is 212 Å². The number of pyridine rings is 1. The molecule has 2 aromatic carbocycles. The van der Waals surface area contributed by atoms with Gasteiger partial charge >= 0.3 is 5.97 Å². The standard InChI is InChI=1S/C51H69N5O12S2/c1-30(2)48(59)68-43-27-46(58)54(8)39-25-35(24-31(3)14-13-15-42(65-11)51(61)28-41(67-49(66-12)55(51)9)33(5)34(6)50(43,7)60)26-40(64-10)47(39)36-17-19-37(20-18-36)53-44(57)22-16-32(4)69-70-45-23-21-38(29-52-45)56(62)63/h13-15,17-21,23,25-26,29-30,32-34,41-43,49,60-61H,16,22,24,27-28H2,1-12H3,(H,53,57)/b15-13+,31-14+/t32?,33-,34-,41-,42+,43-,49?,50+,51-/m0/s1. The van der Waals surface area contributed by atoms with E-state index in [-0.39, 0.29) is 36.1 Å². The molecule has 4 bridgehead atoms. The molecule has 1 saturated heterocycles. The van der Waals surface area contributed by atoms with Gasteiger partial charge in [0.25, 0.3) is 5.69 Å². The highest BCUT2D eigenvalue weighted by molar-refractivity contribution is 8.76. The Kier molecular flexibility index (Phi) is 19.6. The van der Waals surface area contributed by atoms with Crippen molar-refractivity contribution < 1.29 is 53.2 Å². The zero-order valence-electron chi connectivity index (χ0n) is 42.2. The van der Waals surface area contributed by atoms with Crippen LogP contribution in [0.5, 0.6) is 5.75 Å². The van der Waals surface area contributed by atoms with E-state index in [4.69, 9.17) is 23.7 Å². The molecule has 1 fully saturated rings. The number of aromatic nitrogens is 1. The van der Waals surface area contributed by atoms with Crippen molar-refractivity contribution in [2.75, 3.05) is 45.6 Å². The van der Waals surface area contributed by atoms with E-state index < -0.39 is 70.6 Å². The molecule has 17 nitrogen and oxygen atoms in total. The van der Waals surface area contributed by atoms with E-state index in [0.29, 0.717) is 46.1 Å². The summed E-state index contributed by atoms with van der Waals surface area (Å²) in [6.45, 7) is 12.6. The van der Waals surface area contributed by atoms with Gasteiger partial charge in [-0.05, 0) is 97.8 Å². The Bertz CT molecular complexity index is 2360. The van der Waals surface area contributed by atoms with E-state index in [9.17, 15) is 34.7 Å². The zero-order chi connectivity index (χ0) is 51.7. The number of esters is 1. The summed E-state index contributed by atoms with van der Waals surface area (Å²) in [5, 5.41) is 39.6. The summed E-state index contributed by atoms with van der Waals surface area (Å²) in [5.41, 5.74) is 0.654. The molecule has 3 heterocycles. The molecule has 2 aliphatic rings. The predicted octanol–water partition coefficient (Wildman–Crippen LogP) is 8.57. The minimum atomic E-state index is -1.79. The molecule has 0 spiro atoms. The number of hydrogen-bond donors (Lipinski definition) is 3. The highest BCUT2D eigenvalue weighted by atomic mass is 33.1. The van der Waals surface area contributed by atoms with Gasteiger partial charge in [-0.3, -0.25) is 24.5 Å². The van der Waals surface area contributed by atoms with Gasteiger partial charge in [0.2, 0.25) is 18.2 Å². The minimum absolute atomic E-state index is 0.0711. The molecule has 70 heavy (non-hydrogen) atoms. The van der Waals surface area contributed by atoms with Crippen molar-refractivity contribution in [2.45, 2.75) is 127 Å². The van der Waals surface area contributed by atoms with Crippen LogP contribution >= 0.6 is 21.6 Å². The number of fused-ring (bicyclic) bond motifs is 4. The molecule has 2 amide bonds. The molecule has 2 aliphatic heterocycles. The summed E-state index contributed by atoms with van der Waals surface area (Å²) in [6, 6.07) is 14.1. The van der Waals surface area contributed by atoms with Crippen LogP contribution in [0.15, 0.2) is 83.6 Å². The highest BCUT2D eigenvalue weighted by Gasteiger charge is 2.53. The third-order valence-electron chi connectivity index (χ3n) is 13.4. The molecule has 0 aliphatic carbocycles. The van der Waals surface area contributed by atoms with Crippen LogP contribution in [0.4, 0.5) is 17.1 Å². The minimum Gasteiger partial charge on any atom is -0.496 e. The summed E-state index contributed by atoms with van der Waals surface area (Å²) < 4.78 is 30.1. The second kappa shape index (κ2) is 24.5. The lowest BCUT2D eigenvalue weighted by atomic mass is 9.73. The number of carbonyl (C=O) groups excluding carboxylic acids is 3. The molecule has 9 atom stereocenters. The van der Waals surface area contributed by atoms with E-state index in [1.165, 1.54) is 53.0 Å². The maximum absolute atomic E-state index is 14.8. The number of methoxy groups -OCH3 is 3. The molecule has 1 aromatic heterocycles. The first-order chi connectivity index (χ1) is 33.0. The van der Waals surface area contributed by atoms with Crippen LogP contribution in [-0.4, -0.2) is 120 Å². The Balaban J connectivity index is 1.48. The van der Waals surface area contributed by atoms with Gasteiger partial charge in [0.05, 0.1) is 36.2 Å². The third kappa shape index (κ3) is 13.5. The number of aliphatic hydroxyl groups is 2. The van der Waals surface area contributed by atoms with Gasteiger partial charge in [0.15, 0.2) is 5.72 Å². The van der Waals surface area contributed by atoms with E-state index in [1.54, 1.807) is 71.2 Å². The van der Waals surface area contributed by atoms with E-state index >= 15 is 0 Å². The van der Waals surface area contributed by atoms with Crippen molar-refractivity contribution in [1.82, 2.24) is 9.88 Å². The maximum Gasteiger partial charge on any atom is 0.308 e. The van der Waals surface area contributed by atoms with Crippen LogP contribution in [0.25, 0.3) is 11.1 Å². The number of nitro groups is 1. The van der Waals surface area contributed by atoms with Crippen molar-refractivity contribution in [2.24, 2.45) is 17.8 Å². The lowest BCUT2D eigenvalue weighted by Crippen LogP contribution is -2.66. The van der Waals surface area contributed by atoms with Crippen LogP contribution in [0.1, 0.15) is 79.7 Å². The SMILES string of the molecule is COc1cc2cc(c1-c1ccc(NC(=O)CCC(C)SSc3ccc([N+](=O)[O-])cn3)cc1)N(C)C(=O)C[C@H](OC(=O)C(C)C)[C@](C)(O)[C@@H](C)[C@H](C)[C@@H]1C[C@](O)([C@H](OC)/C=C/C=C(\C)C2)N(C)C(OC)O1. The van der Waals surface area contributed by atoms with Crippen LogP contribution in [-0.2, 0) is 39.8 Å². The number of benzene rings is 2. The van der Waals surface area contributed by atoms with Gasteiger partial charge in [0, 0.05) is 56.7 Å². The quantitative estimate of drug-likeness (QED) is 0.0597. The molecule has 0 saturated carbocycles. The normalized spacial score (nSPS) is 27.6. The number of ether oxygens (including phenoxy) is 5. The fraction of sp³-hybridized carbons (Fsp3) is 0.529. The lowest BCUT2D eigenvalue weighted by Gasteiger charge is -2.52. The molecule has 2 unspecified atom stereocenters. The number of carbonyl (C=O) groups is 3. The number of hydrogen-bond acceptors (Lipinski definition) is 16.